The summed E-state index contributed by atoms with van der Waals surface area (Å²) in [5.41, 5.74) is -0.430. The normalized spacial score (nSPS) is 13.8. The second-order valence-corrected chi connectivity index (χ2v) is 5.52. The first kappa shape index (κ1) is 16.3. The highest BCUT2D eigenvalue weighted by Gasteiger charge is 2.21. The van der Waals surface area contributed by atoms with E-state index in [9.17, 15) is 4.79 Å². The predicted octanol–water partition coefficient (Wildman–Crippen LogP) is 1.48. The zero-order chi connectivity index (χ0) is 13.3. The number of hydrogen-bond donors (Lipinski definition) is 1. The van der Waals surface area contributed by atoms with Gasteiger partial charge in [0.15, 0.2) is 0 Å². The van der Waals surface area contributed by atoms with Crippen molar-refractivity contribution in [2.45, 2.75) is 32.2 Å². The van der Waals surface area contributed by atoms with Crippen LogP contribution < -0.4 is 5.32 Å². The lowest BCUT2D eigenvalue weighted by Crippen LogP contribution is -2.40. The van der Waals surface area contributed by atoms with E-state index in [2.05, 4.69) is 11.4 Å². The SMILES string of the molecule is CCNC(C)(C#N)CCCSCC(=O)N(C)C. The molecule has 1 atom stereocenters. The summed E-state index contributed by atoms with van der Waals surface area (Å²) in [6, 6.07) is 2.30. The number of carbonyl (C=O) groups is 1. The molecule has 4 nitrogen and oxygen atoms in total. The standard InChI is InChI=1S/C12H23N3OS/c1-5-14-12(2,10-13)7-6-8-17-9-11(16)15(3)4/h14H,5-9H2,1-4H3. The molecule has 0 rings (SSSR count). The Balaban J connectivity index is 3.71. The molecule has 0 aromatic rings. The van der Waals surface area contributed by atoms with Crippen LogP contribution in [0.3, 0.4) is 0 Å². The predicted molar refractivity (Wildman–Crippen MR) is 72.9 cm³/mol. The molecule has 0 aliphatic carbocycles. The molecule has 1 unspecified atom stereocenters. The summed E-state index contributed by atoms with van der Waals surface area (Å²) < 4.78 is 0. The van der Waals surface area contributed by atoms with Gasteiger partial charge in [-0.25, -0.2) is 0 Å². The molecule has 1 amide bonds. The molecule has 0 spiro atoms. The third kappa shape index (κ3) is 7.24. The van der Waals surface area contributed by atoms with Gasteiger partial charge in [-0.3, -0.25) is 10.1 Å². The summed E-state index contributed by atoms with van der Waals surface area (Å²) in [6.45, 7) is 4.72. The maximum Gasteiger partial charge on any atom is 0.232 e. The third-order valence-electron chi connectivity index (χ3n) is 2.50. The minimum absolute atomic E-state index is 0.143. The van der Waals surface area contributed by atoms with E-state index in [0.29, 0.717) is 5.75 Å². The number of amides is 1. The monoisotopic (exact) mass is 257 g/mol. The molecule has 0 aromatic carbocycles. The molecule has 0 radical (unpaired) electrons. The third-order valence-corrected chi connectivity index (χ3v) is 3.53. The highest BCUT2D eigenvalue weighted by molar-refractivity contribution is 7.99. The summed E-state index contributed by atoms with van der Waals surface area (Å²) in [5.74, 6) is 1.59. The van der Waals surface area contributed by atoms with E-state index in [4.69, 9.17) is 5.26 Å². The Labute approximate surface area is 109 Å². The van der Waals surface area contributed by atoms with Gasteiger partial charge in [0.2, 0.25) is 5.91 Å². The van der Waals surface area contributed by atoms with Crippen LogP contribution in [0.2, 0.25) is 0 Å². The van der Waals surface area contributed by atoms with E-state index in [1.165, 1.54) is 0 Å². The van der Waals surface area contributed by atoms with Crippen molar-refractivity contribution in [2.75, 3.05) is 32.1 Å². The van der Waals surface area contributed by atoms with E-state index in [0.717, 1.165) is 25.1 Å². The van der Waals surface area contributed by atoms with Crippen molar-refractivity contribution in [2.24, 2.45) is 0 Å². The molecule has 1 N–H and O–H groups in total. The molecule has 0 aliphatic heterocycles. The smallest absolute Gasteiger partial charge is 0.232 e. The van der Waals surface area contributed by atoms with Crippen molar-refractivity contribution < 1.29 is 4.79 Å². The van der Waals surface area contributed by atoms with E-state index >= 15 is 0 Å². The van der Waals surface area contributed by atoms with Crippen LogP contribution in [0.1, 0.15) is 26.7 Å². The van der Waals surface area contributed by atoms with Gasteiger partial charge < -0.3 is 4.90 Å². The molecule has 0 aromatic heterocycles. The summed E-state index contributed by atoms with van der Waals surface area (Å²) in [5, 5.41) is 12.2. The lowest BCUT2D eigenvalue weighted by atomic mass is 9.98. The molecular weight excluding hydrogens is 234 g/mol. The van der Waals surface area contributed by atoms with Gasteiger partial charge in [0, 0.05) is 14.1 Å². The summed E-state index contributed by atoms with van der Waals surface area (Å²) in [4.78, 5) is 12.9. The van der Waals surface area contributed by atoms with Crippen molar-refractivity contribution in [3.05, 3.63) is 0 Å². The minimum atomic E-state index is -0.430. The lowest BCUT2D eigenvalue weighted by molar-refractivity contribution is -0.125. The van der Waals surface area contributed by atoms with Crippen LogP contribution in [-0.2, 0) is 4.79 Å². The lowest BCUT2D eigenvalue weighted by Gasteiger charge is -2.22. The van der Waals surface area contributed by atoms with Crippen LogP contribution in [-0.4, -0.2) is 48.5 Å². The molecule has 0 saturated carbocycles. The van der Waals surface area contributed by atoms with Crippen LogP contribution in [0.15, 0.2) is 0 Å². The maximum atomic E-state index is 11.3. The van der Waals surface area contributed by atoms with Crippen molar-refractivity contribution >= 4 is 17.7 Å². The Bertz CT molecular complexity index is 275. The fourth-order valence-electron chi connectivity index (χ4n) is 1.39. The van der Waals surface area contributed by atoms with Gasteiger partial charge in [-0.15, -0.1) is 0 Å². The number of carbonyl (C=O) groups excluding carboxylic acids is 1. The van der Waals surface area contributed by atoms with E-state index in [1.54, 1.807) is 30.8 Å². The number of nitriles is 1. The first-order chi connectivity index (χ1) is 7.95. The zero-order valence-corrected chi connectivity index (χ0v) is 12.1. The van der Waals surface area contributed by atoms with Gasteiger partial charge in [-0.2, -0.15) is 17.0 Å². The molecular formula is C12H23N3OS. The Hall–Kier alpha value is -0.730. The second-order valence-electron chi connectivity index (χ2n) is 4.42. The Morgan fingerprint density at radius 3 is 2.65 bits per heavy atom. The van der Waals surface area contributed by atoms with Gasteiger partial charge in [0.1, 0.15) is 5.54 Å². The summed E-state index contributed by atoms with van der Waals surface area (Å²) in [6.07, 6.45) is 1.77. The van der Waals surface area contributed by atoms with Crippen LogP contribution in [0.25, 0.3) is 0 Å². The summed E-state index contributed by atoms with van der Waals surface area (Å²) in [7, 11) is 3.53. The molecule has 98 valence electrons. The van der Waals surface area contributed by atoms with Gasteiger partial charge in [-0.05, 0) is 32.1 Å². The summed E-state index contributed by atoms with van der Waals surface area (Å²) >= 11 is 1.63. The first-order valence-corrected chi connectivity index (χ1v) is 7.05. The van der Waals surface area contributed by atoms with E-state index < -0.39 is 5.54 Å². The fourth-order valence-corrected chi connectivity index (χ4v) is 2.32. The Morgan fingerprint density at radius 1 is 1.53 bits per heavy atom. The molecule has 0 fully saturated rings. The largest absolute Gasteiger partial charge is 0.348 e. The second kappa shape index (κ2) is 8.37. The average molecular weight is 257 g/mol. The van der Waals surface area contributed by atoms with Crippen LogP contribution >= 0.6 is 11.8 Å². The molecule has 0 saturated heterocycles. The van der Waals surface area contributed by atoms with E-state index in [1.807, 2.05) is 13.8 Å². The maximum absolute atomic E-state index is 11.3. The molecule has 5 heteroatoms. The van der Waals surface area contributed by atoms with Crippen LogP contribution in [0.4, 0.5) is 0 Å². The van der Waals surface area contributed by atoms with Crippen molar-refractivity contribution in [3.63, 3.8) is 0 Å². The molecule has 0 aliphatic rings. The average Bonchev–Trinajstić information content (AvgIpc) is 2.28. The first-order valence-electron chi connectivity index (χ1n) is 5.89. The fraction of sp³-hybridized carbons (Fsp3) is 0.833. The van der Waals surface area contributed by atoms with Crippen LogP contribution in [0, 0.1) is 11.3 Å². The highest BCUT2D eigenvalue weighted by atomic mass is 32.2. The van der Waals surface area contributed by atoms with Crippen molar-refractivity contribution in [1.82, 2.24) is 10.2 Å². The van der Waals surface area contributed by atoms with Crippen LogP contribution in [0.5, 0.6) is 0 Å². The molecule has 0 heterocycles. The minimum Gasteiger partial charge on any atom is -0.348 e. The zero-order valence-electron chi connectivity index (χ0n) is 11.2. The Morgan fingerprint density at radius 2 is 2.18 bits per heavy atom. The number of nitrogens with zero attached hydrogens (tertiary/aromatic N) is 2. The van der Waals surface area contributed by atoms with Gasteiger partial charge in [0.25, 0.3) is 0 Å². The van der Waals surface area contributed by atoms with Crippen molar-refractivity contribution in [3.8, 4) is 6.07 Å². The van der Waals surface area contributed by atoms with Gasteiger partial charge in [-0.1, -0.05) is 6.92 Å². The quantitative estimate of drug-likeness (QED) is 0.669. The topological polar surface area (TPSA) is 56.1 Å². The van der Waals surface area contributed by atoms with Gasteiger partial charge in [0.05, 0.1) is 11.8 Å². The highest BCUT2D eigenvalue weighted by Crippen LogP contribution is 2.14. The number of rotatable bonds is 8. The number of nitrogens with one attached hydrogen (secondary N) is 1. The Kier molecular flexibility index (Phi) is 8.01. The number of hydrogen-bond acceptors (Lipinski definition) is 4. The molecule has 17 heavy (non-hydrogen) atoms. The van der Waals surface area contributed by atoms with E-state index in [-0.39, 0.29) is 5.91 Å². The molecule has 0 bridgehead atoms. The number of thioether (sulfide) groups is 1. The van der Waals surface area contributed by atoms with Gasteiger partial charge >= 0.3 is 0 Å². The van der Waals surface area contributed by atoms with Crippen molar-refractivity contribution in [1.29, 1.82) is 5.26 Å².